The van der Waals surface area contributed by atoms with Crippen molar-refractivity contribution in [1.29, 1.82) is 0 Å². The number of nitrogens with one attached hydrogen (secondary N) is 1. The molecule has 0 atom stereocenters. The number of benzene rings is 2. The minimum absolute atomic E-state index is 0.128. The highest BCUT2D eigenvalue weighted by Crippen LogP contribution is 2.24. The van der Waals surface area contributed by atoms with Crippen molar-refractivity contribution in [2.45, 2.75) is 0 Å². The predicted octanol–water partition coefficient (Wildman–Crippen LogP) is 4.45. The van der Waals surface area contributed by atoms with Crippen LogP contribution in [0.5, 0.6) is 5.75 Å². The van der Waals surface area contributed by atoms with E-state index >= 15 is 0 Å². The zero-order chi connectivity index (χ0) is 17.7. The second kappa shape index (κ2) is 8.24. The SMILES string of the molecule is COc1ccc(Cl)cc1C(=O)OCC(=O)Nc1cc(Cl)cc(Cl)c1. The van der Waals surface area contributed by atoms with Crippen LogP contribution >= 0.6 is 34.8 Å². The second-order valence-electron chi connectivity index (χ2n) is 4.63. The fraction of sp³-hybridized carbons (Fsp3) is 0.125. The van der Waals surface area contributed by atoms with Crippen molar-refractivity contribution in [2.24, 2.45) is 0 Å². The number of hydrogen-bond acceptors (Lipinski definition) is 4. The second-order valence-corrected chi connectivity index (χ2v) is 5.94. The third kappa shape index (κ3) is 5.03. The number of ether oxygens (including phenoxy) is 2. The van der Waals surface area contributed by atoms with Gasteiger partial charge in [-0.3, -0.25) is 4.79 Å². The van der Waals surface area contributed by atoms with E-state index in [1.54, 1.807) is 6.07 Å². The summed E-state index contributed by atoms with van der Waals surface area (Å²) in [5, 5.41) is 3.62. The molecule has 0 heterocycles. The lowest BCUT2D eigenvalue weighted by Gasteiger charge is -2.10. The van der Waals surface area contributed by atoms with E-state index in [1.165, 1.54) is 37.4 Å². The summed E-state index contributed by atoms with van der Waals surface area (Å²) in [4.78, 5) is 23.9. The fourth-order valence-electron chi connectivity index (χ4n) is 1.87. The monoisotopic (exact) mass is 387 g/mol. The van der Waals surface area contributed by atoms with Gasteiger partial charge in [0.25, 0.3) is 5.91 Å². The molecule has 0 aliphatic carbocycles. The van der Waals surface area contributed by atoms with Gasteiger partial charge in [0.1, 0.15) is 11.3 Å². The van der Waals surface area contributed by atoms with E-state index in [0.717, 1.165) is 0 Å². The zero-order valence-electron chi connectivity index (χ0n) is 12.4. The van der Waals surface area contributed by atoms with E-state index in [0.29, 0.717) is 26.5 Å². The normalized spacial score (nSPS) is 10.2. The number of carbonyl (C=O) groups is 2. The summed E-state index contributed by atoms with van der Waals surface area (Å²) in [6.07, 6.45) is 0. The molecule has 0 aliphatic rings. The minimum atomic E-state index is -0.728. The topological polar surface area (TPSA) is 64.6 Å². The smallest absolute Gasteiger partial charge is 0.342 e. The Bertz CT molecular complexity index is 760. The molecule has 1 amide bonds. The van der Waals surface area contributed by atoms with Crippen LogP contribution in [0.25, 0.3) is 0 Å². The Balaban J connectivity index is 1.98. The maximum atomic E-state index is 12.1. The Labute approximate surface area is 153 Å². The molecule has 24 heavy (non-hydrogen) atoms. The van der Waals surface area contributed by atoms with Gasteiger partial charge in [-0.05, 0) is 36.4 Å². The number of amides is 1. The molecule has 1 N–H and O–H groups in total. The molecule has 0 unspecified atom stereocenters. The molecule has 2 aromatic carbocycles. The molecule has 0 saturated heterocycles. The zero-order valence-corrected chi connectivity index (χ0v) is 14.7. The molecule has 2 aromatic rings. The standard InChI is InChI=1S/C16H12Cl3NO4/c1-23-14-3-2-9(17)7-13(14)16(22)24-8-15(21)20-12-5-10(18)4-11(19)6-12/h2-7H,8H2,1H3,(H,20,21). The molecular formula is C16H12Cl3NO4. The molecular weight excluding hydrogens is 377 g/mol. The molecule has 0 aromatic heterocycles. The Morgan fingerprint density at radius 2 is 1.67 bits per heavy atom. The van der Waals surface area contributed by atoms with Crippen LogP contribution in [0.3, 0.4) is 0 Å². The number of anilines is 1. The molecule has 126 valence electrons. The van der Waals surface area contributed by atoms with E-state index in [-0.39, 0.29) is 5.56 Å². The predicted molar refractivity (Wildman–Crippen MR) is 93.4 cm³/mol. The number of rotatable bonds is 5. The Kier molecular flexibility index (Phi) is 6.31. The van der Waals surface area contributed by atoms with Crippen LogP contribution in [0, 0.1) is 0 Å². The highest BCUT2D eigenvalue weighted by Gasteiger charge is 2.16. The van der Waals surface area contributed by atoms with Gasteiger partial charge in [0.15, 0.2) is 6.61 Å². The minimum Gasteiger partial charge on any atom is -0.496 e. The van der Waals surface area contributed by atoms with E-state index in [4.69, 9.17) is 44.3 Å². The largest absolute Gasteiger partial charge is 0.496 e. The highest BCUT2D eigenvalue weighted by molar-refractivity contribution is 6.35. The molecule has 0 spiro atoms. The summed E-state index contributed by atoms with van der Waals surface area (Å²) >= 11 is 17.5. The van der Waals surface area contributed by atoms with Gasteiger partial charge in [0.05, 0.1) is 7.11 Å². The van der Waals surface area contributed by atoms with Crippen molar-refractivity contribution in [3.63, 3.8) is 0 Å². The van der Waals surface area contributed by atoms with Crippen molar-refractivity contribution in [2.75, 3.05) is 19.0 Å². The molecule has 8 heteroatoms. The Hall–Kier alpha value is -1.95. The van der Waals surface area contributed by atoms with Gasteiger partial charge in [-0.15, -0.1) is 0 Å². The first kappa shape index (κ1) is 18.4. The number of hydrogen-bond donors (Lipinski definition) is 1. The van der Waals surface area contributed by atoms with Crippen LogP contribution in [-0.4, -0.2) is 25.6 Å². The molecule has 2 rings (SSSR count). The molecule has 0 aliphatic heterocycles. The van der Waals surface area contributed by atoms with Gasteiger partial charge in [-0.1, -0.05) is 34.8 Å². The maximum absolute atomic E-state index is 12.1. The van der Waals surface area contributed by atoms with E-state index in [1.807, 2.05) is 0 Å². The Morgan fingerprint density at radius 3 is 2.29 bits per heavy atom. The maximum Gasteiger partial charge on any atom is 0.342 e. The van der Waals surface area contributed by atoms with Crippen LogP contribution < -0.4 is 10.1 Å². The van der Waals surface area contributed by atoms with Crippen LogP contribution in [0.15, 0.2) is 36.4 Å². The quantitative estimate of drug-likeness (QED) is 0.769. The lowest BCUT2D eigenvalue weighted by molar-refractivity contribution is -0.119. The van der Waals surface area contributed by atoms with Gasteiger partial charge < -0.3 is 14.8 Å². The van der Waals surface area contributed by atoms with Gasteiger partial charge >= 0.3 is 5.97 Å². The van der Waals surface area contributed by atoms with Gasteiger partial charge in [0, 0.05) is 20.8 Å². The van der Waals surface area contributed by atoms with Crippen molar-refractivity contribution in [3.05, 3.63) is 57.0 Å². The van der Waals surface area contributed by atoms with E-state index in [9.17, 15) is 9.59 Å². The molecule has 0 radical (unpaired) electrons. The number of esters is 1. The fourth-order valence-corrected chi connectivity index (χ4v) is 2.57. The van der Waals surface area contributed by atoms with Crippen molar-refractivity contribution in [3.8, 4) is 5.75 Å². The third-order valence-electron chi connectivity index (χ3n) is 2.86. The summed E-state index contributed by atoms with van der Waals surface area (Å²) in [6, 6.07) is 9.08. The van der Waals surface area contributed by atoms with Crippen molar-refractivity contribution >= 4 is 52.4 Å². The average molecular weight is 389 g/mol. The first-order valence-electron chi connectivity index (χ1n) is 6.65. The summed E-state index contributed by atoms with van der Waals surface area (Å²) in [5.41, 5.74) is 0.525. The van der Waals surface area contributed by atoms with E-state index < -0.39 is 18.5 Å². The lowest BCUT2D eigenvalue weighted by atomic mass is 10.2. The highest BCUT2D eigenvalue weighted by atomic mass is 35.5. The molecule has 5 nitrogen and oxygen atoms in total. The first-order chi connectivity index (χ1) is 11.4. The van der Waals surface area contributed by atoms with Crippen LogP contribution in [0.2, 0.25) is 15.1 Å². The van der Waals surface area contributed by atoms with Gasteiger partial charge in [-0.25, -0.2) is 4.79 Å². The van der Waals surface area contributed by atoms with Crippen LogP contribution in [-0.2, 0) is 9.53 Å². The average Bonchev–Trinajstić information content (AvgIpc) is 2.51. The Morgan fingerprint density at radius 1 is 1.00 bits per heavy atom. The summed E-state index contributed by atoms with van der Waals surface area (Å²) in [7, 11) is 1.41. The summed E-state index contributed by atoms with van der Waals surface area (Å²) in [6.45, 7) is -0.487. The van der Waals surface area contributed by atoms with Crippen molar-refractivity contribution < 1.29 is 19.1 Å². The summed E-state index contributed by atoms with van der Waals surface area (Å²) < 4.78 is 10.0. The van der Waals surface area contributed by atoms with E-state index in [2.05, 4.69) is 5.32 Å². The van der Waals surface area contributed by atoms with Gasteiger partial charge in [-0.2, -0.15) is 0 Å². The van der Waals surface area contributed by atoms with Crippen LogP contribution in [0.1, 0.15) is 10.4 Å². The summed E-state index contributed by atoms with van der Waals surface area (Å²) in [5.74, 6) is -0.970. The van der Waals surface area contributed by atoms with Gasteiger partial charge in [0.2, 0.25) is 0 Å². The lowest BCUT2D eigenvalue weighted by Crippen LogP contribution is -2.21. The molecule has 0 bridgehead atoms. The number of carbonyl (C=O) groups excluding carboxylic acids is 2. The third-order valence-corrected chi connectivity index (χ3v) is 3.53. The number of halogens is 3. The van der Waals surface area contributed by atoms with Crippen LogP contribution in [0.4, 0.5) is 5.69 Å². The van der Waals surface area contributed by atoms with Crippen molar-refractivity contribution in [1.82, 2.24) is 0 Å². The first-order valence-corrected chi connectivity index (χ1v) is 7.79. The molecule has 0 fully saturated rings. The molecule has 0 saturated carbocycles. The number of methoxy groups -OCH3 is 1.